The molecule has 1 amide bonds. The van der Waals surface area contributed by atoms with E-state index in [1.807, 2.05) is 0 Å². The summed E-state index contributed by atoms with van der Waals surface area (Å²) in [6.07, 6.45) is 0.700. The topological polar surface area (TPSA) is 131 Å². The van der Waals surface area contributed by atoms with Crippen molar-refractivity contribution < 1.29 is 32.3 Å². The van der Waals surface area contributed by atoms with Gasteiger partial charge in [-0.1, -0.05) is 6.07 Å². The fourth-order valence-corrected chi connectivity index (χ4v) is 5.63. The molecule has 4 heterocycles. The summed E-state index contributed by atoms with van der Waals surface area (Å²) in [6.45, 7) is 0.139. The molecule has 0 radical (unpaired) electrons. The summed E-state index contributed by atoms with van der Waals surface area (Å²) in [5.74, 6) is -2.51. The fraction of sp³-hybridized carbons (Fsp3) is 0.385. The van der Waals surface area contributed by atoms with Gasteiger partial charge in [-0.05, 0) is 43.9 Å². The molecule has 0 bridgehead atoms. The van der Waals surface area contributed by atoms with Crippen LogP contribution in [0.1, 0.15) is 47.7 Å². The third-order valence-electron chi connectivity index (χ3n) is 7.62. The Bertz CT molecular complexity index is 1640. The summed E-state index contributed by atoms with van der Waals surface area (Å²) in [5.41, 5.74) is 0.181. The Labute approximate surface area is 229 Å². The molecule has 0 saturated heterocycles. The number of halogens is 4. The molecule has 1 aromatic carbocycles. The highest BCUT2D eigenvalue weighted by molar-refractivity contribution is 6.04. The maximum absolute atomic E-state index is 14.4. The average molecular weight is 573 g/mol. The van der Waals surface area contributed by atoms with Crippen LogP contribution in [0.4, 0.5) is 23.5 Å². The van der Waals surface area contributed by atoms with Crippen LogP contribution in [0.5, 0.6) is 0 Å². The van der Waals surface area contributed by atoms with Gasteiger partial charge in [0.05, 0.1) is 23.0 Å². The predicted molar refractivity (Wildman–Crippen MR) is 136 cm³/mol. The first-order chi connectivity index (χ1) is 19.6. The molecule has 214 valence electrons. The van der Waals surface area contributed by atoms with Gasteiger partial charge in [0.25, 0.3) is 0 Å². The zero-order valence-electron chi connectivity index (χ0n) is 21.5. The Kier molecular flexibility index (Phi) is 6.58. The van der Waals surface area contributed by atoms with E-state index in [-0.39, 0.29) is 54.3 Å². The van der Waals surface area contributed by atoms with E-state index in [4.69, 9.17) is 0 Å². The lowest BCUT2D eigenvalue weighted by Gasteiger charge is -2.34. The van der Waals surface area contributed by atoms with Gasteiger partial charge in [-0.25, -0.2) is 14.2 Å². The molecule has 41 heavy (non-hydrogen) atoms. The number of aromatic carboxylic acids is 1. The third-order valence-corrected chi connectivity index (χ3v) is 7.62. The lowest BCUT2D eigenvalue weighted by molar-refractivity contribution is -0.148. The first-order valence-electron chi connectivity index (χ1n) is 13.0. The van der Waals surface area contributed by atoms with E-state index in [0.717, 1.165) is 4.57 Å². The first kappa shape index (κ1) is 26.7. The number of carbonyl (C=O) groups is 2. The second-order valence-electron chi connectivity index (χ2n) is 10.1. The van der Waals surface area contributed by atoms with Crippen LogP contribution in [-0.2, 0) is 24.1 Å². The van der Waals surface area contributed by atoms with E-state index >= 15 is 0 Å². The van der Waals surface area contributed by atoms with Crippen molar-refractivity contribution in [1.82, 2.24) is 34.2 Å². The molecule has 0 unspecified atom stereocenters. The minimum atomic E-state index is -4.60. The summed E-state index contributed by atoms with van der Waals surface area (Å²) in [7, 11) is 0. The number of hydrogen-bond donors (Lipinski definition) is 2. The molecule has 4 aromatic rings. The predicted octanol–water partition coefficient (Wildman–Crippen LogP) is 3.88. The smallest absolute Gasteiger partial charge is 0.451 e. The van der Waals surface area contributed by atoms with Crippen LogP contribution in [0.3, 0.4) is 0 Å². The molecule has 0 atom stereocenters. The zero-order valence-corrected chi connectivity index (χ0v) is 21.5. The number of fused-ring (bicyclic) bond motifs is 2. The first-order valence-corrected chi connectivity index (χ1v) is 13.0. The van der Waals surface area contributed by atoms with Crippen LogP contribution in [0.2, 0.25) is 0 Å². The Morgan fingerprint density at radius 3 is 2.56 bits per heavy atom. The number of hydrogen-bond acceptors (Lipinski definition) is 7. The van der Waals surface area contributed by atoms with Gasteiger partial charge >= 0.3 is 12.1 Å². The summed E-state index contributed by atoms with van der Waals surface area (Å²) in [4.78, 5) is 35.2. The van der Waals surface area contributed by atoms with Crippen LogP contribution in [-0.4, -0.2) is 63.8 Å². The molecule has 11 nitrogen and oxygen atoms in total. The third kappa shape index (κ3) is 4.95. The summed E-state index contributed by atoms with van der Waals surface area (Å²) in [6, 6.07) is 5.87. The van der Waals surface area contributed by atoms with Gasteiger partial charge in [0, 0.05) is 37.4 Å². The largest absolute Gasteiger partial charge is 0.478 e. The zero-order chi connectivity index (χ0) is 28.9. The Balaban J connectivity index is 1.10. The van der Waals surface area contributed by atoms with Crippen molar-refractivity contribution in [2.75, 3.05) is 11.9 Å². The van der Waals surface area contributed by atoms with Crippen molar-refractivity contribution in [2.45, 2.75) is 51.0 Å². The molecule has 3 aromatic heterocycles. The molecule has 15 heteroatoms. The molecule has 1 aliphatic carbocycles. The molecule has 0 spiro atoms. The van der Waals surface area contributed by atoms with Crippen LogP contribution in [0.25, 0.3) is 16.7 Å². The van der Waals surface area contributed by atoms with Crippen molar-refractivity contribution in [3.8, 4) is 5.82 Å². The Hall–Kier alpha value is -4.56. The second kappa shape index (κ2) is 10.1. The van der Waals surface area contributed by atoms with Crippen LogP contribution in [0, 0.1) is 11.7 Å². The van der Waals surface area contributed by atoms with Gasteiger partial charge < -0.3 is 24.5 Å². The summed E-state index contributed by atoms with van der Waals surface area (Å²) >= 11 is 0. The minimum Gasteiger partial charge on any atom is -0.478 e. The molecule has 1 fully saturated rings. The molecular weight excluding hydrogens is 548 g/mol. The lowest BCUT2D eigenvalue weighted by Crippen LogP contribution is -2.43. The molecule has 6 rings (SSSR count). The van der Waals surface area contributed by atoms with Crippen LogP contribution >= 0.6 is 0 Å². The number of alkyl halides is 3. The highest BCUT2D eigenvalue weighted by Crippen LogP contribution is 2.32. The van der Waals surface area contributed by atoms with Crippen molar-refractivity contribution in [3.05, 3.63) is 59.7 Å². The second-order valence-corrected chi connectivity index (χ2v) is 10.1. The van der Waals surface area contributed by atoms with Crippen molar-refractivity contribution in [3.63, 3.8) is 0 Å². The molecule has 1 saturated carbocycles. The highest BCUT2D eigenvalue weighted by atomic mass is 19.4. The number of amides is 1. The van der Waals surface area contributed by atoms with Crippen molar-refractivity contribution in [2.24, 2.45) is 5.92 Å². The van der Waals surface area contributed by atoms with Gasteiger partial charge in [-0.2, -0.15) is 18.2 Å². The monoisotopic (exact) mass is 572 g/mol. The standard InChI is InChI=1S/C26H24F4N8O3/c27-17-2-1-3-18-21(17)16(23(40)41)12-38(18)19-8-9-31-25(33-19)32-15-6-4-14(5-7-15)22(39)36-10-11-37-20(13-36)34-35-24(37)26(28,29)30/h1-3,8-9,12,14-15H,4-7,10-11,13H2,(H,40,41)(H,31,32,33). The van der Waals surface area contributed by atoms with Gasteiger partial charge in [-0.3, -0.25) is 4.79 Å². The normalized spacial score (nSPS) is 19.3. The van der Waals surface area contributed by atoms with E-state index in [1.165, 1.54) is 29.1 Å². The number of benzene rings is 1. The van der Waals surface area contributed by atoms with Gasteiger partial charge in [0.1, 0.15) is 11.6 Å². The number of anilines is 1. The number of rotatable bonds is 5. The van der Waals surface area contributed by atoms with E-state index in [1.54, 1.807) is 17.0 Å². The molecule has 2 aliphatic rings. The maximum atomic E-state index is 14.4. The number of aromatic nitrogens is 6. The average Bonchev–Trinajstić information content (AvgIpc) is 3.56. The number of carbonyl (C=O) groups excluding carboxylic acids is 1. The SMILES string of the molecule is O=C(O)c1cn(-c2ccnc(NC3CCC(C(=O)N4CCn5c(nnc5C(F)(F)F)C4)CC3)n2)c2cccc(F)c12. The summed E-state index contributed by atoms with van der Waals surface area (Å²) < 4.78 is 56.3. The Morgan fingerprint density at radius 2 is 1.83 bits per heavy atom. The number of nitrogens with zero attached hydrogens (tertiary/aromatic N) is 7. The number of carboxylic acid groups (broad SMARTS) is 1. The fourth-order valence-electron chi connectivity index (χ4n) is 5.63. The van der Waals surface area contributed by atoms with Crippen molar-refractivity contribution in [1.29, 1.82) is 0 Å². The van der Waals surface area contributed by atoms with Crippen LogP contribution < -0.4 is 5.32 Å². The van der Waals surface area contributed by atoms with Crippen molar-refractivity contribution >= 4 is 28.7 Å². The highest BCUT2D eigenvalue weighted by Gasteiger charge is 2.40. The van der Waals surface area contributed by atoms with E-state index in [0.29, 0.717) is 43.0 Å². The van der Waals surface area contributed by atoms with Gasteiger partial charge in [-0.15, -0.1) is 10.2 Å². The summed E-state index contributed by atoms with van der Waals surface area (Å²) in [5, 5.41) is 19.7. The van der Waals surface area contributed by atoms with Gasteiger partial charge in [0.2, 0.25) is 17.7 Å². The molecular formula is C26H24F4N8O3. The van der Waals surface area contributed by atoms with Crippen LogP contribution in [0.15, 0.2) is 36.7 Å². The van der Waals surface area contributed by atoms with E-state index in [2.05, 4.69) is 25.5 Å². The van der Waals surface area contributed by atoms with Gasteiger partial charge in [0.15, 0.2) is 5.82 Å². The lowest BCUT2D eigenvalue weighted by atomic mass is 9.85. The minimum absolute atomic E-state index is 0.00848. The number of carboxylic acids is 1. The van der Waals surface area contributed by atoms with E-state index in [9.17, 15) is 32.3 Å². The molecule has 2 N–H and O–H groups in total. The van der Waals surface area contributed by atoms with E-state index < -0.39 is 23.8 Å². The number of nitrogens with one attached hydrogen (secondary N) is 1. The molecule has 1 aliphatic heterocycles. The maximum Gasteiger partial charge on any atom is 0.451 e. The Morgan fingerprint density at radius 1 is 1.05 bits per heavy atom. The quantitative estimate of drug-likeness (QED) is 0.345.